The highest BCUT2D eigenvalue weighted by atomic mass is 16.5. The second-order valence-electron chi connectivity index (χ2n) is 3.36. The van der Waals surface area contributed by atoms with Gasteiger partial charge in [0.25, 0.3) is 0 Å². The Labute approximate surface area is 93.1 Å². The van der Waals surface area contributed by atoms with Crippen molar-refractivity contribution >= 4 is 0 Å². The number of aromatic nitrogens is 1. The Bertz CT molecular complexity index is 509. The van der Waals surface area contributed by atoms with Gasteiger partial charge in [0.1, 0.15) is 12.4 Å². The Hall–Kier alpha value is -2.28. The van der Waals surface area contributed by atoms with Gasteiger partial charge in [-0.2, -0.15) is 5.26 Å². The number of nitriles is 1. The molecule has 4 heteroatoms. The summed E-state index contributed by atoms with van der Waals surface area (Å²) < 4.78 is 10.5. The van der Waals surface area contributed by atoms with Crippen molar-refractivity contribution in [3.63, 3.8) is 0 Å². The summed E-state index contributed by atoms with van der Waals surface area (Å²) >= 11 is 0. The molecule has 4 nitrogen and oxygen atoms in total. The largest absolute Gasteiger partial charge is 0.486 e. The zero-order chi connectivity index (χ0) is 11.4. The number of nitrogens with zero attached hydrogens (tertiary/aromatic N) is 2. The Balaban J connectivity index is 1.97. The van der Waals surface area contributed by atoms with Gasteiger partial charge in [-0.1, -0.05) is 5.16 Å². The van der Waals surface area contributed by atoms with Crippen LogP contribution >= 0.6 is 0 Å². The maximum atomic E-state index is 8.63. The van der Waals surface area contributed by atoms with Gasteiger partial charge in [-0.3, -0.25) is 0 Å². The highest BCUT2D eigenvalue weighted by Crippen LogP contribution is 2.14. The molecule has 1 heterocycles. The summed E-state index contributed by atoms with van der Waals surface area (Å²) in [7, 11) is 0. The Morgan fingerprint density at radius 3 is 2.69 bits per heavy atom. The first-order valence-electron chi connectivity index (χ1n) is 4.83. The molecule has 1 aromatic carbocycles. The highest BCUT2D eigenvalue weighted by molar-refractivity contribution is 5.34. The third kappa shape index (κ3) is 2.39. The molecule has 0 aliphatic carbocycles. The summed E-state index contributed by atoms with van der Waals surface area (Å²) in [6.45, 7) is 2.20. The fourth-order valence-electron chi connectivity index (χ4n) is 1.26. The Morgan fingerprint density at radius 2 is 2.12 bits per heavy atom. The molecule has 0 bridgehead atoms. The lowest BCUT2D eigenvalue weighted by Gasteiger charge is -2.02. The van der Waals surface area contributed by atoms with Crippen molar-refractivity contribution in [2.75, 3.05) is 0 Å². The van der Waals surface area contributed by atoms with Gasteiger partial charge in [0.2, 0.25) is 0 Å². The molecule has 80 valence electrons. The normalized spacial score (nSPS) is 9.75. The molecule has 0 unspecified atom stereocenters. The molecule has 0 aliphatic rings. The monoisotopic (exact) mass is 214 g/mol. The first kappa shape index (κ1) is 10.2. The average molecular weight is 214 g/mol. The second kappa shape index (κ2) is 4.49. The summed E-state index contributed by atoms with van der Waals surface area (Å²) in [6.07, 6.45) is 0. The quantitative estimate of drug-likeness (QED) is 0.787. The van der Waals surface area contributed by atoms with Crippen molar-refractivity contribution in [1.82, 2.24) is 5.16 Å². The fraction of sp³-hybridized carbons (Fsp3) is 0.167. The number of hydrogen-bond donors (Lipinski definition) is 0. The minimum Gasteiger partial charge on any atom is -0.486 e. The van der Waals surface area contributed by atoms with E-state index in [1.807, 2.05) is 19.1 Å². The van der Waals surface area contributed by atoms with Crippen LogP contribution in [0.2, 0.25) is 0 Å². The lowest BCUT2D eigenvalue weighted by Crippen LogP contribution is -1.93. The summed E-state index contributed by atoms with van der Waals surface area (Å²) in [4.78, 5) is 0. The van der Waals surface area contributed by atoms with E-state index < -0.39 is 0 Å². The topological polar surface area (TPSA) is 59.0 Å². The molecule has 0 fully saturated rings. The molecule has 0 amide bonds. The molecule has 0 saturated heterocycles. The first-order valence-corrected chi connectivity index (χ1v) is 4.83. The lowest BCUT2D eigenvalue weighted by atomic mass is 10.2. The SMILES string of the molecule is Cc1cc(COc2ccc(C#N)cc2)on1. The van der Waals surface area contributed by atoms with Crippen LogP contribution in [0.15, 0.2) is 34.9 Å². The van der Waals surface area contributed by atoms with E-state index in [1.54, 1.807) is 24.3 Å². The molecular formula is C12H10N2O2. The van der Waals surface area contributed by atoms with Crippen LogP contribution in [-0.2, 0) is 6.61 Å². The van der Waals surface area contributed by atoms with Gasteiger partial charge in [0.15, 0.2) is 5.76 Å². The van der Waals surface area contributed by atoms with E-state index in [2.05, 4.69) is 5.16 Å². The van der Waals surface area contributed by atoms with Gasteiger partial charge < -0.3 is 9.26 Å². The molecular weight excluding hydrogens is 204 g/mol. The smallest absolute Gasteiger partial charge is 0.174 e. The van der Waals surface area contributed by atoms with Gasteiger partial charge in [-0.05, 0) is 31.2 Å². The van der Waals surface area contributed by atoms with Crippen LogP contribution in [0.25, 0.3) is 0 Å². The summed E-state index contributed by atoms with van der Waals surface area (Å²) in [5.74, 6) is 1.38. The number of hydrogen-bond acceptors (Lipinski definition) is 4. The van der Waals surface area contributed by atoms with Crippen molar-refractivity contribution in [3.05, 3.63) is 47.3 Å². The summed E-state index contributed by atoms with van der Waals surface area (Å²) in [5, 5.41) is 12.4. The van der Waals surface area contributed by atoms with E-state index in [4.69, 9.17) is 14.5 Å². The van der Waals surface area contributed by atoms with E-state index in [0.29, 0.717) is 23.7 Å². The fourth-order valence-corrected chi connectivity index (χ4v) is 1.26. The van der Waals surface area contributed by atoms with Crippen molar-refractivity contribution in [1.29, 1.82) is 5.26 Å². The van der Waals surface area contributed by atoms with Crippen LogP contribution in [0.5, 0.6) is 5.75 Å². The van der Waals surface area contributed by atoms with E-state index in [-0.39, 0.29) is 0 Å². The van der Waals surface area contributed by atoms with E-state index in [1.165, 1.54) is 0 Å². The van der Waals surface area contributed by atoms with Gasteiger partial charge in [0, 0.05) is 6.07 Å². The molecule has 16 heavy (non-hydrogen) atoms. The molecule has 0 radical (unpaired) electrons. The summed E-state index contributed by atoms with van der Waals surface area (Å²) in [5.41, 5.74) is 1.45. The van der Waals surface area contributed by atoms with Gasteiger partial charge in [0.05, 0.1) is 17.3 Å². The van der Waals surface area contributed by atoms with Crippen molar-refractivity contribution in [2.45, 2.75) is 13.5 Å². The van der Waals surface area contributed by atoms with Gasteiger partial charge >= 0.3 is 0 Å². The minimum atomic E-state index is 0.340. The molecule has 0 saturated carbocycles. The Kier molecular flexibility index (Phi) is 2.88. The third-order valence-electron chi connectivity index (χ3n) is 2.04. The third-order valence-corrected chi connectivity index (χ3v) is 2.04. The molecule has 2 rings (SSSR count). The van der Waals surface area contributed by atoms with E-state index in [9.17, 15) is 0 Å². The van der Waals surface area contributed by atoms with Crippen LogP contribution in [0, 0.1) is 18.3 Å². The Morgan fingerprint density at radius 1 is 1.38 bits per heavy atom. The maximum absolute atomic E-state index is 8.63. The predicted molar refractivity (Wildman–Crippen MR) is 56.7 cm³/mol. The van der Waals surface area contributed by atoms with Crippen molar-refractivity contribution in [2.24, 2.45) is 0 Å². The number of rotatable bonds is 3. The molecule has 1 aromatic heterocycles. The van der Waals surface area contributed by atoms with Crippen LogP contribution in [-0.4, -0.2) is 5.16 Å². The van der Waals surface area contributed by atoms with Crippen molar-refractivity contribution < 1.29 is 9.26 Å². The molecule has 0 spiro atoms. The van der Waals surface area contributed by atoms with Gasteiger partial charge in [-0.25, -0.2) is 0 Å². The van der Waals surface area contributed by atoms with E-state index in [0.717, 1.165) is 5.69 Å². The second-order valence-corrected chi connectivity index (χ2v) is 3.36. The summed E-state index contributed by atoms with van der Waals surface area (Å²) in [6, 6.07) is 10.8. The minimum absolute atomic E-state index is 0.340. The lowest BCUT2D eigenvalue weighted by molar-refractivity contribution is 0.249. The van der Waals surface area contributed by atoms with Crippen LogP contribution in [0.4, 0.5) is 0 Å². The van der Waals surface area contributed by atoms with Crippen LogP contribution < -0.4 is 4.74 Å². The van der Waals surface area contributed by atoms with Crippen LogP contribution in [0.3, 0.4) is 0 Å². The average Bonchev–Trinajstić information content (AvgIpc) is 2.73. The molecule has 0 N–H and O–H groups in total. The molecule has 2 aromatic rings. The van der Waals surface area contributed by atoms with E-state index >= 15 is 0 Å². The zero-order valence-electron chi connectivity index (χ0n) is 8.80. The van der Waals surface area contributed by atoms with Crippen LogP contribution in [0.1, 0.15) is 17.0 Å². The maximum Gasteiger partial charge on any atom is 0.174 e. The standard InChI is InChI=1S/C12H10N2O2/c1-9-6-12(16-14-9)8-15-11-4-2-10(7-13)3-5-11/h2-6H,8H2,1H3. The first-order chi connectivity index (χ1) is 7.78. The van der Waals surface area contributed by atoms with Crippen molar-refractivity contribution in [3.8, 4) is 11.8 Å². The number of aryl methyl sites for hydroxylation is 1. The number of benzene rings is 1. The zero-order valence-corrected chi connectivity index (χ0v) is 8.80. The van der Waals surface area contributed by atoms with Gasteiger partial charge in [-0.15, -0.1) is 0 Å². The molecule has 0 atom stereocenters. The predicted octanol–water partition coefficient (Wildman–Crippen LogP) is 2.43. The molecule has 0 aliphatic heterocycles. The highest BCUT2D eigenvalue weighted by Gasteiger charge is 2.01. The number of ether oxygens (including phenoxy) is 1.